The molecule has 0 radical (unpaired) electrons. The third kappa shape index (κ3) is 3.52. The van der Waals surface area contributed by atoms with Crippen LogP contribution in [0.25, 0.3) is 0 Å². The molecular formula is C19H25N3O2. The predicted octanol–water partition coefficient (Wildman–Crippen LogP) is 2.47. The minimum atomic E-state index is -0.0792. The Balaban J connectivity index is 1.67. The molecule has 0 atom stereocenters. The topological polar surface area (TPSA) is 62.7 Å². The van der Waals surface area contributed by atoms with Gasteiger partial charge >= 0.3 is 0 Å². The highest BCUT2D eigenvalue weighted by molar-refractivity contribution is 5.94. The highest BCUT2D eigenvalue weighted by atomic mass is 16.3. The fraction of sp³-hybridized carbons (Fsp3) is 0.421. The Morgan fingerprint density at radius 3 is 2.62 bits per heavy atom. The average Bonchev–Trinajstić information content (AvgIpc) is 3.06. The SMILES string of the molecule is CC1(C)CN(C(=O)c2coc(CN)c2)CCN1Cc1ccccc1. The van der Waals surface area contributed by atoms with Crippen molar-refractivity contribution < 1.29 is 9.21 Å². The van der Waals surface area contributed by atoms with E-state index in [-0.39, 0.29) is 11.4 Å². The fourth-order valence-electron chi connectivity index (χ4n) is 3.24. The number of benzene rings is 1. The van der Waals surface area contributed by atoms with E-state index in [1.54, 1.807) is 6.07 Å². The van der Waals surface area contributed by atoms with Gasteiger partial charge in [0.15, 0.2) is 0 Å². The molecule has 0 bridgehead atoms. The maximum absolute atomic E-state index is 12.7. The molecule has 2 heterocycles. The van der Waals surface area contributed by atoms with Gasteiger partial charge in [-0.05, 0) is 25.5 Å². The van der Waals surface area contributed by atoms with Gasteiger partial charge in [0.2, 0.25) is 0 Å². The van der Waals surface area contributed by atoms with Gasteiger partial charge < -0.3 is 15.1 Å². The van der Waals surface area contributed by atoms with Crippen LogP contribution in [0.2, 0.25) is 0 Å². The molecule has 3 rings (SSSR count). The molecule has 128 valence electrons. The molecule has 1 aliphatic heterocycles. The molecule has 1 saturated heterocycles. The van der Waals surface area contributed by atoms with Crippen molar-refractivity contribution >= 4 is 5.91 Å². The summed E-state index contributed by atoms with van der Waals surface area (Å²) in [6.45, 7) is 7.87. The van der Waals surface area contributed by atoms with Crippen LogP contribution in [0.15, 0.2) is 47.1 Å². The molecule has 1 aromatic carbocycles. The largest absolute Gasteiger partial charge is 0.467 e. The number of nitrogens with zero attached hydrogens (tertiary/aromatic N) is 2. The minimum absolute atomic E-state index is 0.0193. The van der Waals surface area contributed by atoms with E-state index in [1.807, 2.05) is 11.0 Å². The van der Waals surface area contributed by atoms with Crippen molar-refractivity contribution in [2.24, 2.45) is 5.73 Å². The summed E-state index contributed by atoms with van der Waals surface area (Å²) >= 11 is 0. The lowest BCUT2D eigenvalue weighted by Crippen LogP contribution is -2.59. The minimum Gasteiger partial charge on any atom is -0.467 e. The molecule has 2 N–H and O–H groups in total. The summed E-state index contributed by atoms with van der Waals surface area (Å²) in [7, 11) is 0. The zero-order chi connectivity index (χ0) is 17.2. The summed E-state index contributed by atoms with van der Waals surface area (Å²) in [5, 5.41) is 0. The van der Waals surface area contributed by atoms with Crippen LogP contribution in [-0.2, 0) is 13.1 Å². The van der Waals surface area contributed by atoms with Crippen molar-refractivity contribution in [3.63, 3.8) is 0 Å². The Hall–Kier alpha value is -2.11. The van der Waals surface area contributed by atoms with Gasteiger partial charge in [-0.3, -0.25) is 9.69 Å². The Bertz CT molecular complexity index is 694. The van der Waals surface area contributed by atoms with Gasteiger partial charge in [-0.1, -0.05) is 30.3 Å². The number of furan rings is 1. The average molecular weight is 327 g/mol. The number of amides is 1. The number of hydrogen-bond donors (Lipinski definition) is 1. The molecule has 5 heteroatoms. The van der Waals surface area contributed by atoms with Crippen molar-refractivity contribution in [3.8, 4) is 0 Å². The van der Waals surface area contributed by atoms with E-state index in [0.29, 0.717) is 24.4 Å². The van der Waals surface area contributed by atoms with Gasteiger partial charge in [-0.2, -0.15) is 0 Å². The van der Waals surface area contributed by atoms with Crippen molar-refractivity contribution in [2.75, 3.05) is 19.6 Å². The lowest BCUT2D eigenvalue weighted by molar-refractivity contribution is 0.0138. The summed E-state index contributed by atoms with van der Waals surface area (Å²) in [5.74, 6) is 0.659. The predicted molar refractivity (Wildman–Crippen MR) is 93.4 cm³/mol. The van der Waals surface area contributed by atoms with Crippen molar-refractivity contribution in [1.29, 1.82) is 0 Å². The first-order chi connectivity index (χ1) is 11.5. The second-order valence-electron chi connectivity index (χ2n) is 6.95. The second kappa shape index (κ2) is 6.79. The van der Waals surface area contributed by atoms with Gasteiger partial charge in [-0.25, -0.2) is 0 Å². The normalized spacial score (nSPS) is 17.9. The standard InChI is InChI=1S/C19H25N3O2/c1-19(2)14-21(18(23)16-10-17(11-20)24-13-16)8-9-22(19)12-15-6-4-3-5-7-15/h3-7,10,13H,8-9,11-12,14,20H2,1-2H3. The summed E-state index contributed by atoms with van der Waals surface area (Å²) in [4.78, 5) is 17.0. The lowest BCUT2D eigenvalue weighted by Gasteiger charge is -2.47. The molecule has 24 heavy (non-hydrogen) atoms. The van der Waals surface area contributed by atoms with E-state index in [9.17, 15) is 4.79 Å². The van der Waals surface area contributed by atoms with E-state index in [0.717, 1.165) is 19.6 Å². The first-order valence-electron chi connectivity index (χ1n) is 8.35. The van der Waals surface area contributed by atoms with E-state index < -0.39 is 0 Å². The molecule has 1 aromatic heterocycles. The van der Waals surface area contributed by atoms with E-state index in [1.165, 1.54) is 11.8 Å². The quantitative estimate of drug-likeness (QED) is 0.937. The molecule has 0 aliphatic carbocycles. The van der Waals surface area contributed by atoms with E-state index in [2.05, 4.69) is 43.0 Å². The Morgan fingerprint density at radius 2 is 2.00 bits per heavy atom. The molecule has 1 aliphatic rings. The molecule has 5 nitrogen and oxygen atoms in total. The number of nitrogens with two attached hydrogens (primary N) is 1. The number of piperazine rings is 1. The highest BCUT2D eigenvalue weighted by Crippen LogP contribution is 2.24. The van der Waals surface area contributed by atoms with Gasteiger partial charge in [-0.15, -0.1) is 0 Å². The van der Waals surface area contributed by atoms with Gasteiger partial charge in [0.25, 0.3) is 5.91 Å². The first-order valence-corrected chi connectivity index (χ1v) is 8.35. The monoisotopic (exact) mass is 327 g/mol. The van der Waals surface area contributed by atoms with Gasteiger partial charge in [0.05, 0.1) is 12.1 Å². The van der Waals surface area contributed by atoms with Crippen molar-refractivity contribution in [1.82, 2.24) is 9.80 Å². The van der Waals surface area contributed by atoms with Crippen LogP contribution in [0.5, 0.6) is 0 Å². The molecule has 1 amide bonds. The molecule has 1 fully saturated rings. The van der Waals surface area contributed by atoms with Crippen molar-refractivity contribution in [2.45, 2.75) is 32.5 Å². The third-order valence-electron chi connectivity index (χ3n) is 4.68. The van der Waals surface area contributed by atoms with Crippen molar-refractivity contribution in [3.05, 3.63) is 59.5 Å². The molecular weight excluding hydrogens is 302 g/mol. The lowest BCUT2D eigenvalue weighted by atomic mass is 9.97. The van der Waals surface area contributed by atoms with Crippen LogP contribution in [0, 0.1) is 0 Å². The summed E-state index contributed by atoms with van der Waals surface area (Å²) in [6.07, 6.45) is 1.51. The molecule has 2 aromatic rings. The Labute approximate surface area is 143 Å². The second-order valence-corrected chi connectivity index (χ2v) is 6.95. The summed E-state index contributed by atoms with van der Waals surface area (Å²) < 4.78 is 5.29. The third-order valence-corrected chi connectivity index (χ3v) is 4.68. The molecule has 0 saturated carbocycles. The summed E-state index contributed by atoms with van der Waals surface area (Å²) in [5.41, 5.74) is 7.36. The van der Waals surface area contributed by atoms with E-state index in [4.69, 9.17) is 10.2 Å². The first kappa shape index (κ1) is 16.7. The zero-order valence-electron chi connectivity index (χ0n) is 14.4. The number of rotatable bonds is 4. The van der Waals surface area contributed by atoms with Crippen LogP contribution in [0.1, 0.15) is 35.5 Å². The van der Waals surface area contributed by atoms with Gasteiger partial charge in [0, 0.05) is 31.7 Å². The van der Waals surface area contributed by atoms with Crippen LogP contribution in [0.4, 0.5) is 0 Å². The highest BCUT2D eigenvalue weighted by Gasteiger charge is 2.36. The smallest absolute Gasteiger partial charge is 0.257 e. The van der Waals surface area contributed by atoms with E-state index >= 15 is 0 Å². The summed E-state index contributed by atoms with van der Waals surface area (Å²) in [6, 6.07) is 12.2. The van der Waals surface area contributed by atoms with Crippen LogP contribution in [0.3, 0.4) is 0 Å². The number of carbonyl (C=O) groups excluding carboxylic acids is 1. The zero-order valence-corrected chi connectivity index (χ0v) is 14.4. The van der Waals surface area contributed by atoms with Gasteiger partial charge in [0.1, 0.15) is 12.0 Å². The maximum Gasteiger partial charge on any atom is 0.257 e. The maximum atomic E-state index is 12.7. The molecule has 0 spiro atoms. The Kier molecular flexibility index (Phi) is 4.73. The Morgan fingerprint density at radius 1 is 1.25 bits per heavy atom. The molecule has 0 unspecified atom stereocenters. The van der Waals surface area contributed by atoms with Crippen LogP contribution in [-0.4, -0.2) is 40.9 Å². The number of hydrogen-bond acceptors (Lipinski definition) is 4. The van der Waals surface area contributed by atoms with Crippen LogP contribution < -0.4 is 5.73 Å². The van der Waals surface area contributed by atoms with Crippen LogP contribution >= 0.6 is 0 Å². The fourth-order valence-corrected chi connectivity index (χ4v) is 3.24. The number of carbonyl (C=O) groups is 1.